The number of hydrogen-bond donors (Lipinski definition) is 3. The lowest BCUT2D eigenvalue weighted by Crippen LogP contribution is -2.25. The van der Waals surface area contributed by atoms with Crippen molar-refractivity contribution in [3.63, 3.8) is 0 Å². The average Bonchev–Trinajstić information content (AvgIpc) is 3.27. The number of aromatic amines is 1. The van der Waals surface area contributed by atoms with Gasteiger partial charge in [-0.3, -0.25) is 5.43 Å². The van der Waals surface area contributed by atoms with Gasteiger partial charge in [0.25, 0.3) is 0 Å². The second-order valence-corrected chi connectivity index (χ2v) is 6.89. The second kappa shape index (κ2) is 6.66. The number of imidazole rings is 1. The van der Waals surface area contributed by atoms with Crippen LogP contribution in [-0.2, 0) is 0 Å². The van der Waals surface area contributed by atoms with E-state index in [1.165, 1.54) is 5.56 Å². The van der Waals surface area contributed by atoms with E-state index in [1.54, 1.807) is 11.3 Å². The molecule has 0 aliphatic rings. The van der Waals surface area contributed by atoms with Crippen LogP contribution in [-0.4, -0.2) is 15.0 Å². The SMILES string of the molecule is Cc1ccc(-c2csc(NNC(C)c3nc4ccccc4[nH]3)n2)cc1. The number of hydrazine groups is 1. The highest BCUT2D eigenvalue weighted by Crippen LogP contribution is 2.25. The predicted octanol–water partition coefficient (Wildman–Crippen LogP) is 4.67. The molecule has 1 atom stereocenters. The molecule has 126 valence electrons. The average molecular weight is 349 g/mol. The molecule has 5 nitrogen and oxygen atoms in total. The first-order valence-corrected chi connectivity index (χ1v) is 9.06. The molecule has 0 aliphatic heterocycles. The van der Waals surface area contributed by atoms with Crippen LogP contribution in [0.4, 0.5) is 5.13 Å². The van der Waals surface area contributed by atoms with Crippen LogP contribution in [0.15, 0.2) is 53.9 Å². The summed E-state index contributed by atoms with van der Waals surface area (Å²) in [6.07, 6.45) is 0. The summed E-state index contributed by atoms with van der Waals surface area (Å²) < 4.78 is 0. The lowest BCUT2D eigenvalue weighted by atomic mass is 10.1. The number of rotatable bonds is 5. The van der Waals surface area contributed by atoms with E-state index in [2.05, 4.69) is 69.3 Å². The number of benzene rings is 2. The molecule has 0 fully saturated rings. The van der Waals surface area contributed by atoms with E-state index in [-0.39, 0.29) is 6.04 Å². The topological polar surface area (TPSA) is 65.6 Å². The fraction of sp³-hybridized carbons (Fsp3) is 0.158. The maximum atomic E-state index is 4.63. The van der Waals surface area contributed by atoms with E-state index in [9.17, 15) is 0 Å². The number of H-pyrrole nitrogens is 1. The molecule has 0 spiro atoms. The third-order valence-corrected chi connectivity index (χ3v) is 4.82. The van der Waals surface area contributed by atoms with Crippen LogP contribution in [0.5, 0.6) is 0 Å². The van der Waals surface area contributed by atoms with Gasteiger partial charge in [-0.05, 0) is 26.0 Å². The quantitative estimate of drug-likeness (QED) is 0.458. The van der Waals surface area contributed by atoms with Gasteiger partial charge in [0.2, 0.25) is 0 Å². The highest BCUT2D eigenvalue weighted by atomic mass is 32.1. The number of anilines is 1. The third kappa shape index (κ3) is 3.40. The van der Waals surface area contributed by atoms with Crippen molar-refractivity contribution in [1.29, 1.82) is 0 Å². The van der Waals surface area contributed by atoms with Gasteiger partial charge in [-0.2, -0.15) is 0 Å². The molecule has 2 heterocycles. The van der Waals surface area contributed by atoms with Crippen molar-refractivity contribution in [3.8, 4) is 11.3 Å². The molecule has 3 N–H and O–H groups in total. The number of thiazole rings is 1. The Hall–Kier alpha value is -2.70. The highest BCUT2D eigenvalue weighted by molar-refractivity contribution is 7.14. The first kappa shape index (κ1) is 15.8. The van der Waals surface area contributed by atoms with E-state index in [1.807, 2.05) is 24.3 Å². The lowest BCUT2D eigenvalue weighted by Gasteiger charge is -2.11. The number of nitrogens with one attached hydrogen (secondary N) is 3. The minimum Gasteiger partial charge on any atom is -0.341 e. The molecular weight excluding hydrogens is 330 g/mol. The van der Waals surface area contributed by atoms with Gasteiger partial charge in [0.1, 0.15) is 5.82 Å². The summed E-state index contributed by atoms with van der Waals surface area (Å²) in [5, 5.41) is 2.89. The number of nitrogens with zero attached hydrogens (tertiary/aromatic N) is 2. The minimum atomic E-state index is 0.0270. The van der Waals surface area contributed by atoms with Crippen molar-refractivity contribution in [2.24, 2.45) is 0 Å². The molecule has 6 heteroatoms. The van der Waals surface area contributed by atoms with E-state index in [0.29, 0.717) is 0 Å². The largest absolute Gasteiger partial charge is 0.341 e. The first-order chi connectivity index (χ1) is 12.2. The number of aryl methyl sites for hydroxylation is 1. The Bertz CT molecular complexity index is 953. The first-order valence-electron chi connectivity index (χ1n) is 8.18. The molecule has 4 rings (SSSR count). The number of para-hydroxylation sites is 2. The van der Waals surface area contributed by atoms with Gasteiger partial charge in [0, 0.05) is 10.9 Å². The van der Waals surface area contributed by atoms with Crippen LogP contribution in [0.3, 0.4) is 0 Å². The standard InChI is InChI=1S/C19H19N5S/c1-12-7-9-14(10-8-12)17-11-25-19(22-17)24-23-13(2)18-20-15-5-3-4-6-16(15)21-18/h3-11,13,23H,1-2H3,(H,20,21)(H,22,24). The Kier molecular flexibility index (Phi) is 4.21. The fourth-order valence-corrected chi connectivity index (χ4v) is 3.28. The molecule has 0 saturated heterocycles. The van der Waals surface area contributed by atoms with E-state index in [0.717, 1.165) is 33.2 Å². The van der Waals surface area contributed by atoms with Crippen molar-refractivity contribution in [2.45, 2.75) is 19.9 Å². The van der Waals surface area contributed by atoms with Gasteiger partial charge in [0.05, 0.1) is 22.8 Å². The van der Waals surface area contributed by atoms with E-state index < -0.39 is 0 Å². The molecule has 2 aromatic carbocycles. The third-order valence-electron chi connectivity index (χ3n) is 4.06. The van der Waals surface area contributed by atoms with Crippen LogP contribution in [0.25, 0.3) is 22.3 Å². The summed E-state index contributed by atoms with van der Waals surface area (Å²) in [6.45, 7) is 4.14. The van der Waals surface area contributed by atoms with Gasteiger partial charge >= 0.3 is 0 Å². The van der Waals surface area contributed by atoms with Crippen molar-refractivity contribution >= 4 is 27.5 Å². The van der Waals surface area contributed by atoms with Crippen molar-refractivity contribution in [3.05, 3.63) is 65.3 Å². The van der Waals surface area contributed by atoms with Gasteiger partial charge < -0.3 is 4.98 Å². The summed E-state index contributed by atoms with van der Waals surface area (Å²) in [5.41, 5.74) is 11.8. The van der Waals surface area contributed by atoms with Crippen LogP contribution in [0.1, 0.15) is 24.4 Å². The number of hydrogen-bond acceptors (Lipinski definition) is 5. The van der Waals surface area contributed by atoms with Crippen LogP contribution in [0, 0.1) is 6.92 Å². The lowest BCUT2D eigenvalue weighted by molar-refractivity contribution is 0.613. The summed E-state index contributed by atoms with van der Waals surface area (Å²) in [6, 6.07) is 16.4. The van der Waals surface area contributed by atoms with Gasteiger partial charge in [0.15, 0.2) is 5.13 Å². The molecule has 0 radical (unpaired) electrons. The Labute approximate surface area is 150 Å². The molecule has 0 saturated carbocycles. The normalized spacial score (nSPS) is 12.4. The zero-order valence-corrected chi connectivity index (χ0v) is 14.9. The molecule has 1 unspecified atom stereocenters. The molecule has 0 aliphatic carbocycles. The summed E-state index contributed by atoms with van der Waals surface area (Å²) in [5.74, 6) is 0.893. The Morgan fingerprint density at radius 1 is 1.04 bits per heavy atom. The van der Waals surface area contributed by atoms with E-state index in [4.69, 9.17) is 0 Å². The van der Waals surface area contributed by atoms with Gasteiger partial charge in [-0.1, -0.05) is 42.0 Å². The van der Waals surface area contributed by atoms with Gasteiger partial charge in [-0.25, -0.2) is 15.4 Å². The van der Waals surface area contributed by atoms with Crippen molar-refractivity contribution in [2.75, 3.05) is 5.43 Å². The summed E-state index contributed by atoms with van der Waals surface area (Å²) >= 11 is 1.58. The number of fused-ring (bicyclic) bond motifs is 1. The summed E-state index contributed by atoms with van der Waals surface area (Å²) in [7, 11) is 0. The molecule has 0 bridgehead atoms. The monoisotopic (exact) mass is 349 g/mol. The second-order valence-electron chi connectivity index (χ2n) is 6.03. The van der Waals surface area contributed by atoms with Crippen molar-refractivity contribution in [1.82, 2.24) is 20.4 Å². The smallest absolute Gasteiger partial charge is 0.197 e. The maximum absolute atomic E-state index is 4.63. The van der Waals surface area contributed by atoms with E-state index >= 15 is 0 Å². The Morgan fingerprint density at radius 2 is 1.84 bits per heavy atom. The summed E-state index contributed by atoms with van der Waals surface area (Å²) in [4.78, 5) is 12.6. The molecule has 0 amide bonds. The maximum Gasteiger partial charge on any atom is 0.197 e. The van der Waals surface area contributed by atoms with Crippen molar-refractivity contribution < 1.29 is 0 Å². The molecule has 25 heavy (non-hydrogen) atoms. The zero-order valence-electron chi connectivity index (χ0n) is 14.1. The molecule has 4 aromatic rings. The molecular formula is C19H19N5S. The number of aromatic nitrogens is 3. The van der Waals surface area contributed by atoms with Crippen LogP contribution >= 0.6 is 11.3 Å². The Balaban J connectivity index is 1.43. The Morgan fingerprint density at radius 3 is 2.64 bits per heavy atom. The highest BCUT2D eigenvalue weighted by Gasteiger charge is 2.11. The van der Waals surface area contributed by atoms with Crippen LogP contribution in [0.2, 0.25) is 0 Å². The zero-order chi connectivity index (χ0) is 17.2. The predicted molar refractivity (Wildman–Crippen MR) is 104 cm³/mol. The van der Waals surface area contributed by atoms with Crippen LogP contribution < -0.4 is 10.9 Å². The molecule has 2 aromatic heterocycles. The van der Waals surface area contributed by atoms with Gasteiger partial charge in [-0.15, -0.1) is 11.3 Å². The minimum absolute atomic E-state index is 0.0270. The fourth-order valence-electron chi connectivity index (χ4n) is 2.60.